The predicted molar refractivity (Wildman–Crippen MR) is 65.6 cm³/mol. The van der Waals surface area contributed by atoms with Crippen LogP contribution >= 0.6 is 0 Å². The standard InChI is InChI=1S/C14H18FN/c1-4-6-7-14(16-5-2)12-10-11(3)8-9-13(12)15/h8-10,14,16H,5,7H2,1-3H3. The highest BCUT2D eigenvalue weighted by Crippen LogP contribution is 2.21. The molecule has 0 amide bonds. The van der Waals surface area contributed by atoms with Gasteiger partial charge in [0.1, 0.15) is 5.82 Å². The van der Waals surface area contributed by atoms with Crippen LogP contribution in [0.15, 0.2) is 18.2 Å². The summed E-state index contributed by atoms with van der Waals surface area (Å²) in [5.41, 5.74) is 1.79. The summed E-state index contributed by atoms with van der Waals surface area (Å²) >= 11 is 0. The highest BCUT2D eigenvalue weighted by molar-refractivity contribution is 5.28. The van der Waals surface area contributed by atoms with Gasteiger partial charge in [-0.1, -0.05) is 24.6 Å². The van der Waals surface area contributed by atoms with Crippen LogP contribution in [-0.4, -0.2) is 6.54 Å². The molecule has 0 saturated carbocycles. The zero-order valence-corrected chi connectivity index (χ0v) is 10.1. The number of nitrogens with one attached hydrogen (secondary N) is 1. The second-order valence-corrected chi connectivity index (χ2v) is 3.77. The topological polar surface area (TPSA) is 12.0 Å². The molecule has 1 aromatic carbocycles. The highest BCUT2D eigenvalue weighted by Gasteiger charge is 2.13. The summed E-state index contributed by atoms with van der Waals surface area (Å²) in [4.78, 5) is 0. The van der Waals surface area contributed by atoms with E-state index < -0.39 is 0 Å². The summed E-state index contributed by atoms with van der Waals surface area (Å²) in [6.07, 6.45) is 0.644. The molecule has 0 heterocycles. The van der Waals surface area contributed by atoms with Crippen LogP contribution in [0.25, 0.3) is 0 Å². The van der Waals surface area contributed by atoms with Gasteiger partial charge in [-0.15, -0.1) is 11.8 Å². The third-order valence-corrected chi connectivity index (χ3v) is 2.46. The van der Waals surface area contributed by atoms with Gasteiger partial charge in [0.05, 0.1) is 0 Å². The molecule has 0 aliphatic carbocycles. The number of rotatable bonds is 4. The summed E-state index contributed by atoms with van der Waals surface area (Å²) in [6, 6.07) is 5.18. The van der Waals surface area contributed by atoms with Gasteiger partial charge >= 0.3 is 0 Å². The van der Waals surface area contributed by atoms with Crippen molar-refractivity contribution in [1.82, 2.24) is 5.32 Å². The fourth-order valence-corrected chi connectivity index (χ4v) is 1.67. The van der Waals surface area contributed by atoms with E-state index in [1.807, 2.05) is 19.9 Å². The van der Waals surface area contributed by atoms with Crippen molar-refractivity contribution < 1.29 is 4.39 Å². The first kappa shape index (κ1) is 12.7. The van der Waals surface area contributed by atoms with E-state index in [-0.39, 0.29) is 11.9 Å². The van der Waals surface area contributed by atoms with Crippen molar-refractivity contribution in [2.24, 2.45) is 0 Å². The lowest BCUT2D eigenvalue weighted by Gasteiger charge is -2.17. The largest absolute Gasteiger partial charge is 0.309 e. The minimum atomic E-state index is -0.158. The lowest BCUT2D eigenvalue weighted by atomic mass is 10.0. The second-order valence-electron chi connectivity index (χ2n) is 3.77. The van der Waals surface area contributed by atoms with Gasteiger partial charge in [0.25, 0.3) is 0 Å². The Hall–Kier alpha value is -1.33. The summed E-state index contributed by atoms with van der Waals surface area (Å²) in [6.45, 7) is 6.59. The van der Waals surface area contributed by atoms with E-state index >= 15 is 0 Å². The van der Waals surface area contributed by atoms with Gasteiger partial charge in [-0.05, 0) is 26.5 Å². The van der Waals surface area contributed by atoms with Crippen LogP contribution in [0, 0.1) is 24.6 Å². The SMILES string of the molecule is CC#CCC(NCC)c1cc(C)ccc1F. The van der Waals surface area contributed by atoms with E-state index in [1.165, 1.54) is 6.07 Å². The van der Waals surface area contributed by atoms with Crippen molar-refractivity contribution in [1.29, 1.82) is 0 Å². The van der Waals surface area contributed by atoms with Crippen LogP contribution in [0.2, 0.25) is 0 Å². The Morgan fingerprint density at radius 3 is 2.81 bits per heavy atom. The molecule has 1 nitrogen and oxygen atoms in total. The molecule has 16 heavy (non-hydrogen) atoms. The van der Waals surface area contributed by atoms with Crippen LogP contribution in [-0.2, 0) is 0 Å². The molecule has 0 spiro atoms. The molecule has 0 radical (unpaired) electrons. The maximum atomic E-state index is 13.7. The third kappa shape index (κ3) is 3.36. The Morgan fingerprint density at radius 1 is 1.44 bits per heavy atom. The third-order valence-electron chi connectivity index (χ3n) is 2.46. The van der Waals surface area contributed by atoms with Crippen molar-refractivity contribution >= 4 is 0 Å². The van der Waals surface area contributed by atoms with E-state index in [1.54, 1.807) is 13.0 Å². The maximum absolute atomic E-state index is 13.7. The highest BCUT2D eigenvalue weighted by atomic mass is 19.1. The van der Waals surface area contributed by atoms with Crippen molar-refractivity contribution in [2.45, 2.75) is 33.2 Å². The van der Waals surface area contributed by atoms with E-state index in [9.17, 15) is 4.39 Å². The molecule has 1 atom stereocenters. The van der Waals surface area contributed by atoms with E-state index in [4.69, 9.17) is 0 Å². The first-order valence-electron chi connectivity index (χ1n) is 5.58. The normalized spacial score (nSPS) is 11.8. The van der Waals surface area contributed by atoms with Gasteiger partial charge in [0, 0.05) is 18.0 Å². The van der Waals surface area contributed by atoms with E-state index in [0.717, 1.165) is 12.1 Å². The molecule has 86 valence electrons. The summed E-state index contributed by atoms with van der Waals surface area (Å²) < 4.78 is 13.7. The molecule has 2 heteroatoms. The minimum absolute atomic E-state index is 0.0163. The zero-order valence-electron chi connectivity index (χ0n) is 10.1. The maximum Gasteiger partial charge on any atom is 0.128 e. The van der Waals surface area contributed by atoms with Crippen molar-refractivity contribution in [2.75, 3.05) is 6.54 Å². The molecular weight excluding hydrogens is 201 g/mol. The van der Waals surface area contributed by atoms with Crippen molar-refractivity contribution in [3.63, 3.8) is 0 Å². The number of aryl methyl sites for hydroxylation is 1. The molecule has 0 aliphatic rings. The Balaban J connectivity index is 2.97. The predicted octanol–water partition coefficient (Wildman–Crippen LogP) is 3.20. The molecule has 0 fully saturated rings. The van der Waals surface area contributed by atoms with Gasteiger partial charge in [0.15, 0.2) is 0 Å². The number of hydrogen-bond donors (Lipinski definition) is 1. The molecular formula is C14H18FN. The van der Waals surface area contributed by atoms with Gasteiger partial charge in [-0.25, -0.2) is 4.39 Å². The molecule has 1 unspecified atom stereocenters. The van der Waals surface area contributed by atoms with Gasteiger partial charge < -0.3 is 5.32 Å². The first-order chi connectivity index (χ1) is 7.69. The van der Waals surface area contributed by atoms with Crippen LogP contribution in [0.1, 0.15) is 37.4 Å². The zero-order chi connectivity index (χ0) is 12.0. The fraction of sp³-hybridized carbons (Fsp3) is 0.429. The minimum Gasteiger partial charge on any atom is -0.309 e. The van der Waals surface area contributed by atoms with Crippen LogP contribution in [0.4, 0.5) is 4.39 Å². The number of halogens is 1. The molecule has 0 aliphatic heterocycles. The average molecular weight is 219 g/mol. The summed E-state index contributed by atoms with van der Waals surface area (Å²) in [5.74, 6) is 5.69. The fourth-order valence-electron chi connectivity index (χ4n) is 1.67. The smallest absolute Gasteiger partial charge is 0.128 e. The van der Waals surface area contributed by atoms with Crippen molar-refractivity contribution in [3.05, 3.63) is 35.1 Å². The quantitative estimate of drug-likeness (QED) is 0.767. The van der Waals surface area contributed by atoms with Gasteiger partial charge in [0.2, 0.25) is 0 Å². The Labute approximate surface area is 97.1 Å². The number of benzene rings is 1. The molecule has 1 N–H and O–H groups in total. The lowest BCUT2D eigenvalue weighted by Crippen LogP contribution is -2.21. The van der Waals surface area contributed by atoms with Gasteiger partial charge in [-0.3, -0.25) is 0 Å². The van der Waals surface area contributed by atoms with Crippen molar-refractivity contribution in [3.8, 4) is 11.8 Å². The molecule has 0 aromatic heterocycles. The van der Waals surface area contributed by atoms with Gasteiger partial charge in [-0.2, -0.15) is 0 Å². The van der Waals surface area contributed by atoms with E-state index in [2.05, 4.69) is 17.2 Å². The second kappa shape index (κ2) is 6.30. The first-order valence-corrected chi connectivity index (χ1v) is 5.58. The average Bonchev–Trinajstić information content (AvgIpc) is 2.28. The Morgan fingerprint density at radius 2 is 2.19 bits per heavy atom. The molecule has 0 bridgehead atoms. The summed E-state index contributed by atoms with van der Waals surface area (Å²) in [5, 5.41) is 3.26. The van der Waals surface area contributed by atoms with Crippen LogP contribution < -0.4 is 5.32 Å². The van der Waals surface area contributed by atoms with Crippen LogP contribution in [0.3, 0.4) is 0 Å². The summed E-state index contributed by atoms with van der Waals surface area (Å²) in [7, 11) is 0. The Bertz CT molecular complexity index is 401. The van der Waals surface area contributed by atoms with E-state index in [0.29, 0.717) is 12.0 Å². The molecule has 1 rings (SSSR count). The monoisotopic (exact) mass is 219 g/mol. The van der Waals surface area contributed by atoms with Crippen LogP contribution in [0.5, 0.6) is 0 Å². The molecule has 1 aromatic rings. The Kier molecular flexibility index (Phi) is 5.01. The number of hydrogen-bond acceptors (Lipinski definition) is 1. The lowest BCUT2D eigenvalue weighted by molar-refractivity contribution is 0.520. The molecule has 0 saturated heterocycles.